The van der Waals surface area contributed by atoms with Crippen LogP contribution in [-0.4, -0.2) is 17.6 Å². The zero-order valence-corrected chi connectivity index (χ0v) is 11.8. The lowest BCUT2D eigenvalue weighted by Gasteiger charge is -2.24. The van der Waals surface area contributed by atoms with Crippen LogP contribution < -0.4 is 4.90 Å². The van der Waals surface area contributed by atoms with Gasteiger partial charge in [-0.05, 0) is 55.7 Å². The van der Waals surface area contributed by atoms with E-state index in [1.54, 1.807) is 0 Å². The minimum Gasteiger partial charge on any atom is -0.353 e. The molecule has 0 aliphatic heterocycles. The molecule has 0 saturated heterocycles. The summed E-state index contributed by atoms with van der Waals surface area (Å²) < 4.78 is 0. The lowest BCUT2D eigenvalue weighted by molar-refractivity contribution is 0.706. The molecular formula is C15H21ClN2. The van der Waals surface area contributed by atoms with Gasteiger partial charge < -0.3 is 4.90 Å². The molecule has 1 heterocycles. The number of anilines is 1. The normalized spacial score (nSPS) is 19.0. The highest BCUT2D eigenvalue weighted by Gasteiger charge is 2.34. The van der Waals surface area contributed by atoms with E-state index in [1.165, 1.54) is 49.3 Å². The van der Waals surface area contributed by atoms with E-state index in [1.807, 2.05) is 0 Å². The highest BCUT2D eigenvalue weighted by molar-refractivity contribution is 6.17. The van der Waals surface area contributed by atoms with Crippen molar-refractivity contribution in [1.29, 1.82) is 0 Å². The average molecular weight is 265 g/mol. The van der Waals surface area contributed by atoms with E-state index in [-0.39, 0.29) is 0 Å². The number of aryl methyl sites for hydroxylation is 1. The van der Waals surface area contributed by atoms with Crippen LogP contribution in [0.25, 0.3) is 0 Å². The SMILES string of the molecule is CCc1cc(CCl)cc(N(CC2CC2)C2CC2)n1. The van der Waals surface area contributed by atoms with Gasteiger partial charge in [-0.15, -0.1) is 11.6 Å². The number of alkyl halides is 1. The fraction of sp³-hybridized carbons (Fsp3) is 0.667. The van der Waals surface area contributed by atoms with E-state index in [0.29, 0.717) is 5.88 Å². The van der Waals surface area contributed by atoms with Crippen molar-refractivity contribution in [1.82, 2.24) is 4.98 Å². The van der Waals surface area contributed by atoms with E-state index in [0.717, 1.165) is 18.4 Å². The number of halogens is 1. The average Bonchev–Trinajstić information content (AvgIpc) is 3.28. The molecule has 0 bridgehead atoms. The molecule has 0 unspecified atom stereocenters. The van der Waals surface area contributed by atoms with Gasteiger partial charge in [-0.1, -0.05) is 6.92 Å². The molecule has 2 nitrogen and oxygen atoms in total. The van der Waals surface area contributed by atoms with E-state index in [9.17, 15) is 0 Å². The van der Waals surface area contributed by atoms with Gasteiger partial charge in [0, 0.05) is 24.2 Å². The third kappa shape index (κ3) is 2.80. The van der Waals surface area contributed by atoms with Crippen molar-refractivity contribution < 1.29 is 0 Å². The van der Waals surface area contributed by atoms with E-state index < -0.39 is 0 Å². The van der Waals surface area contributed by atoms with Gasteiger partial charge in [-0.3, -0.25) is 0 Å². The van der Waals surface area contributed by atoms with Crippen LogP contribution >= 0.6 is 11.6 Å². The Labute approximate surface area is 114 Å². The fourth-order valence-electron chi connectivity index (χ4n) is 2.43. The maximum absolute atomic E-state index is 6.00. The van der Waals surface area contributed by atoms with Crippen LogP contribution in [0.3, 0.4) is 0 Å². The van der Waals surface area contributed by atoms with Crippen molar-refractivity contribution in [2.75, 3.05) is 11.4 Å². The maximum Gasteiger partial charge on any atom is 0.129 e. The lowest BCUT2D eigenvalue weighted by Crippen LogP contribution is -2.29. The Hall–Kier alpha value is -0.760. The second-order valence-corrected chi connectivity index (χ2v) is 5.91. The number of rotatable bonds is 6. The first-order chi connectivity index (χ1) is 8.80. The smallest absolute Gasteiger partial charge is 0.129 e. The van der Waals surface area contributed by atoms with Crippen molar-refractivity contribution >= 4 is 17.4 Å². The maximum atomic E-state index is 6.00. The Kier molecular flexibility index (Phi) is 3.47. The zero-order valence-electron chi connectivity index (χ0n) is 11.0. The minimum absolute atomic E-state index is 0.588. The van der Waals surface area contributed by atoms with Crippen LogP contribution in [0, 0.1) is 5.92 Å². The van der Waals surface area contributed by atoms with Crippen LogP contribution in [-0.2, 0) is 12.3 Å². The molecule has 2 aliphatic carbocycles. The second-order valence-electron chi connectivity index (χ2n) is 5.64. The lowest BCUT2D eigenvalue weighted by atomic mass is 10.2. The Morgan fingerprint density at radius 2 is 2.06 bits per heavy atom. The van der Waals surface area contributed by atoms with Crippen molar-refractivity contribution in [3.8, 4) is 0 Å². The van der Waals surface area contributed by atoms with Gasteiger partial charge in [-0.2, -0.15) is 0 Å². The molecule has 18 heavy (non-hydrogen) atoms. The van der Waals surface area contributed by atoms with Gasteiger partial charge in [0.15, 0.2) is 0 Å². The van der Waals surface area contributed by atoms with Crippen molar-refractivity contribution in [2.45, 2.75) is 50.9 Å². The Morgan fingerprint density at radius 1 is 1.28 bits per heavy atom. The molecule has 0 N–H and O–H groups in total. The highest BCUT2D eigenvalue weighted by Crippen LogP contribution is 2.37. The first-order valence-corrected chi connectivity index (χ1v) is 7.66. The van der Waals surface area contributed by atoms with Crippen LogP contribution in [0.15, 0.2) is 12.1 Å². The largest absolute Gasteiger partial charge is 0.353 e. The molecule has 1 aromatic heterocycles. The predicted octanol–water partition coefficient (Wildman–Crippen LogP) is 3.76. The van der Waals surface area contributed by atoms with E-state index >= 15 is 0 Å². The molecule has 2 saturated carbocycles. The van der Waals surface area contributed by atoms with Crippen molar-refractivity contribution in [3.63, 3.8) is 0 Å². The fourth-order valence-corrected chi connectivity index (χ4v) is 2.59. The quantitative estimate of drug-likeness (QED) is 0.728. The van der Waals surface area contributed by atoms with Gasteiger partial charge in [0.05, 0.1) is 0 Å². The van der Waals surface area contributed by atoms with Gasteiger partial charge in [-0.25, -0.2) is 4.98 Å². The molecule has 3 rings (SSSR count). The molecule has 3 heteroatoms. The van der Waals surface area contributed by atoms with Crippen molar-refractivity contribution in [2.24, 2.45) is 5.92 Å². The number of nitrogens with zero attached hydrogens (tertiary/aromatic N) is 2. The van der Waals surface area contributed by atoms with Gasteiger partial charge in [0.1, 0.15) is 5.82 Å². The number of hydrogen-bond acceptors (Lipinski definition) is 2. The number of aromatic nitrogens is 1. The minimum atomic E-state index is 0.588. The van der Waals surface area contributed by atoms with Gasteiger partial charge in [0.2, 0.25) is 0 Å². The Morgan fingerprint density at radius 3 is 2.61 bits per heavy atom. The third-order valence-electron chi connectivity index (χ3n) is 3.87. The Bertz CT molecular complexity index is 402. The summed E-state index contributed by atoms with van der Waals surface area (Å²) in [6.07, 6.45) is 6.46. The first kappa shape index (κ1) is 12.3. The molecule has 0 amide bonds. The molecule has 0 atom stereocenters. The summed E-state index contributed by atoms with van der Waals surface area (Å²) in [7, 11) is 0. The highest BCUT2D eigenvalue weighted by atomic mass is 35.5. The molecule has 0 radical (unpaired) electrons. The van der Waals surface area contributed by atoms with E-state index in [2.05, 4.69) is 24.0 Å². The molecular weight excluding hydrogens is 244 g/mol. The van der Waals surface area contributed by atoms with E-state index in [4.69, 9.17) is 16.6 Å². The third-order valence-corrected chi connectivity index (χ3v) is 4.18. The number of pyridine rings is 1. The summed E-state index contributed by atoms with van der Waals surface area (Å²) in [4.78, 5) is 7.34. The monoisotopic (exact) mass is 264 g/mol. The molecule has 0 aromatic carbocycles. The number of hydrogen-bond donors (Lipinski definition) is 0. The van der Waals surface area contributed by atoms with Crippen LogP contribution in [0.4, 0.5) is 5.82 Å². The summed E-state index contributed by atoms with van der Waals surface area (Å²) >= 11 is 6.00. The summed E-state index contributed by atoms with van der Waals surface area (Å²) in [5.74, 6) is 2.67. The summed E-state index contributed by atoms with van der Waals surface area (Å²) in [6.45, 7) is 3.36. The molecule has 0 spiro atoms. The van der Waals surface area contributed by atoms with Gasteiger partial charge in [0.25, 0.3) is 0 Å². The summed E-state index contributed by atoms with van der Waals surface area (Å²) in [5, 5.41) is 0. The van der Waals surface area contributed by atoms with Crippen molar-refractivity contribution in [3.05, 3.63) is 23.4 Å². The zero-order chi connectivity index (χ0) is 12.5. The van der Waals surface area contributed by atoms with Gasteiger partial charge >= 0.3 is 0 Å². The molecule has 2 fully saturated rings. The van der Waals surface area contributed by atoms with Crippen LogP contribution in [0.5, 0.6) is 0 Å². The second kappa shape index (κ2) is 5.08. The Balaban J connectivity index is 1.86. The molecule has 98 valence electrons. The standard InChI is InChI=1S/C15H21ClN2/c1-2-13-7-12(9-16)8-15(17-13)18(14-5-6-14)10-11-3-4-11/h7-8,11,14H,2-6,9-10H2,1H3. The summed E-state index contributed by atoms with van der Waals surface area (Å²) in [6, 6.07) is 5.07. The van der Waals surface area contributed by atoms with Crippen LogP contribution in [0.1, 0.15) is 43.9 Å². The predicted molar refractivity (Wildman–Crippen MR) is 76.3 cm³/mol. The molecule has 2 aliphatic rings. The van der Waals surface area contributed by atoms with Crippen LogP contribution in [0.2, 0.25) is 0 Å². The summed E-state index contributed by atoms with van der Waals surface area (Å²) in [5.41, 5.74) is 2.38. The molecule has 1 aromatic rings. The first-order valence-electron chi connectivity index (χ1n) is 7.12. The topological polar surface area (TPSA) is 16.1 Å².